The van der Waals surface area contributed by atoms with Crippen LogP contribution in [0.4, 0.5) is 5.69 Å². The quantitative estimate of drug-likeness (QED) is 0.442. The maximum absolute atomic E-state index is 12.4. The Bertz CT molecular complexity index is 1050. The third-order valence-electron chi connectivity index (χ3n) is 4.37. The van der Waals surface area contributed by atoms with Crippen LogP contribution in [-0.4, -0.2) is 37.9 Å². The van der Waals surface area contributed by atoms with Crippen LogP contribution in [0.25, 0.3) is 6.08 Å². The molecule has 1 fully saturated rings. The molecule has 1 aliphatic heterocycles. The molecule has 0 atom stereocenters. The molecular weight excluding hydrogens is 484 g/mol. The van der Waals surface area contributed by atoms with Crippen LogP contribution in [0.15, 0.2) is 50.8 Å². The highest BCUT2D eigenvalue weighted by atomic mass is 79.9. The lowest BCUT2D eigenvalue weighted by Crippen LogP contribution is -2.19. The smallest absolute Gasteiger partial charge is 0.343 e. The van der Waals surface area contributed by atoms with Gasteiger partial charge in [-0.15, -0.1) is 0 Å². The van der Waals surface area contributed by atoms with Crippen molar-refractivity contribution in [3.05, 3.63) is 56.9 Å². The number of nitrogens with one attached hydrogen (secondary N) is 1. The molecule has 0 spiro atoms. The molecule has 0 saturated carbocycles. The largest absolute Gasteiger partial charge is 0.493 e. The molecule has 2 aromatic rings. The number of carbonyl (C=O) groups excluding carboxylic acids is 2. The lowest BCUT2D eigenvalue weighted by molar-refractivity contribution is -0.142. The van der Waals surface area contributed by atoms with E-state index in [9.17, 15) is 9.59 Å². The van der Waals surface area contributed by atoms with Gasteiger partial charge in [0.1, 0.15) is 0 Å². The molecule has 2 aromatic carbocycles. The number of ether oxygens (including phenoxy) is 3. The first kappa shape index (κ1) is 22.9. The van der Waals surface area contributed by atoms with Gasteiger partial charge in [-0.3, -0.25) is 4.79 Å². The van der Waals surface area contributed by atoms with Crippen LogP contribution < -0.4 is 14.8 Å². The van der Waals surface area contributed by atoms with Crippen LogP contribution in [0.3, 0.4) is 0 Å². The molecule has 1 N–H and O–H groups in total. The monoisotopic (exact) mass is 504 g/mol. The van der Waals surface area contributed by atoms with E-state index in [-0.39, 0.29) is 12.5 Å². The van der Waals surface area contributed by atoms with E-state index in [0.717, 1.165) is 12.1 Å². The molecule has 0 aliphatic carbocycles. The Labute approximate surface area is 193 Å². The molecule has 0 bridgehead atoms. The number of aryl methyl sites for hydroxylation is 1. The van der Waals surface area contributed by atoms with Crippen molar-refractivity contribution in [2.45, 2.75) is 13.3 Å². The van der Waals surface area contributed by atoms with Gasteiger partial charge in [0.05, 0.1) is 24.8 Å². The minimum Gasteiger partial charge on any atom is -0.493 e. The second kappa shape index (κ2) is 10.5. The predicted octanol–water partition coefficient (Wildman–Crippen LogP) is 4.46. The Morgan fingerprint density at radius 1 is 1.19 bits per heavy atom. The summed E-state index contributed by atoms with van der Waals surface area (Å²) in [5, 5.41) is 3.30. The summed E-state index contributed by atoms with van der Waals surface area (Å²) in [5.74, 6) is 0.0702. The number of esters is 1. The molecule has 3 rings (SSSR count). The van der Waals surface area contributed by atoms with E-state index in [4.69, 9.17) is 9.47 Å². The Hall–Kier alpha value is -2.78. The maximum atomic E-state index is 12.4. The van der Waals surface area contributed by atoms with Crippen molar-refractivity contribution >= 4 is 56.5 Å². The molecule has 1 saturated heterocycles. The number of hydrogen-bond donors (Lipinski definition) is 1. The van der Waals surface area contributed by atoms with Crippen LogP contribution in [0.5, 0.6) is 11.5 Å². The second-order valence-electron chi connectivity index (χ2n) is 6.39. The first-order valence-corrected chi connectivity index (χ1v) is 11.0. The van der Waals surface area contributed by atoms with Crippen molar-refractivity contribution in [1.29, 1.82) is 0 Å². The zero-order valence-electron chi connectivity index (χ0n) is 17.2. The Balaban J connectivity index is 1.81. The van der Waals surface area contributed by atoms with Gasteiger partial charge < -0.3 is 19.5 Å². The fraction of sp³-hybridized carbons (Fsp3) is 0.227. The molecule has 31 heavy (non-hydrogen) atoms. The van der Waals surface area contributed by atoms with Gasteiger partial charge in [-0.25, -0.2) is 9.79 Å². The van der Waals surface area contributed by atoms with Gasteiger partial charge in [-0.2, -0.15) is 0 Å². The van der Waals surface area contributed by atoms with Gasteiger partial charge in [-0.1, -0.05) is 35.0 Å². The summed E-state index contributed by atoms with van der Waals surface area (Å²) in [6.45, 7) is 1.85. The highest BCUT2D eigenvalue weighted by molar-refractivity contribution is 9.10. The number of methoxy groups -OCH3 is 2. The molecule has 0 aromatic heterocycles. The number of thioether (sulfide) groups is 1. The fourth-order valence-corrected chi connectivity index (χ4v) is 3.94. The highest BCUT2D eigenvalue weighted by Gasteiger charge is 2.24. The summed E-state index contributed by atoms with van der Waals surface area (Å²) in [6.07, 6.45) is 2.69. The van der Waals surface area contributed by atoms with Crippen LogP contribution in [0.2, 0.25) is 0 Å². The average Bonchev–Trinajstić information content (AvgIpc) is 3.12. The Kier molecular flexibility index (Phi) is 7.75. The van der Waals surface area contributed by atoms with Gasteiger partial charge in [0.15, 0.2) is 23.3 Å². The van der Waals surface area contributed by atoms with Crippen molar-refractivity contribution in [3.63, 3.8) is 0 Å². The molecule has 0 unspecified atom stereocenters. The Morgan fingerprint density at radius 2 is 1.94 bits per heavy atom. The van der Waals surface area contributed by atoms with Crippen molar-refractivity contribution in [3.8, 4) is 11.5 Å². The van der Waals surface area contributed by atoms with E-state index < -0.39 is 5.97 Å². The minimum absolute atomic E-state index is 0.231. The standard InChI is InChI=1S/C22H21BrN2O5S/c1-4-13-5-7-15(8-6-13)24-22-25-21(27)19(31-22)10-14-9-17(28-2)18(11-16(14)23)30-12-20(26)29-3/h5-11H,4,12H2,1-3H3,(H,24,25,27)/b19-10-. The number of halogens is 1. The van der Waals surface area contributed by atoms with Crippen molar-refractivity contribution in [1.82, 2.24) is 5.32 Å². The molecule has 7 nitrogen and oxygen atoms in total. The number of benzene rings is 2. The van der Waals surface area contributed by atoms with E-state index in [0.29, 0.717) is 31.6 Å². The summed E-state index contributed by atoms with van der Waals surface area (Å²) in [6, 6.07) is 11.3. The number of hydrogen-bond acceptors (Lipinski definition) is 7. The first-order valence-electron chi connectivity index (χ1n) is 9.39. The molecule has 0 radical (unpaired) electrons. The summed E-state index contributed by atoms with van der Waals surface area (Å²) >= 11 is 4.74. The Morgan fingerprint density at radius 3 is 2.58 bits per heavy atom. The first-order chi connectivity index (χ1) is 14.9. The normalized spacial score (nSPS) is 15.8. The summed E-state index contributed by atoms with van der Waals surface area (Å²) in [4.78, 5) is 28.7. The minimum atomic E-state index is -0.500. The maximum Gasteiger partial charge on any atom is 0.343 e. The molecule has 1 amide bonds. The van der Waals surface area contributed by atoms with Crippen molar-refractivity contribution in [2.24, 2.45) is 4.99 Å². The summed E-state index contributed by atoms with van der Waals surface area (Å²) in [7, 11) is 2.78. The molecule has 1 heterocycles. The van der Waals surface area contributed by atoms with E-state index in [1.54, 1.807) is 18.2 Å². The van der Waals surface area contributed by atoms with Crippen LogP contribution in [0, 0.1) is 0 Å². The number of amides is 1. The van der Waals surface area contributed by atoms with Gasteiger partial charge in [0.2, 0.25) is 0 Å². The number of nitrogens with zero attached hydrogens (tertiary/aromatic N) is 1. The molecule has 1 aliphatic rings. The number of carbonyl (C=O) groups is 2. The molecular formula is C22H21BrN2O5S. The van der Waals surface area contributed by atoms with Crippen LogP contribution in [0.1, 0.15) is 18.1 Å². The summed E-state index contributed by atoms with van der Waals surface area (Å²) < 4.78 is 16.1. The second-order valence-corrected chi connectivity index (χ2v) is 8.28. The third kappa shape index (κ3) is 5.89. The highest BCUT2D eigenvalue weighted by Crippen LogP contribution is 2.36. The van der Waals surface area contributed by atoms with Crippen molar-refractivity contribution in [2.75, 3.05) is 20.8 Å². The number of aliphatic imine (C=N–C) groups is 1. The van der Waals surface area contributed by atoms with Gasteiger partial charge in [0, 0.05) is 4.47 Å². The fourth-order valence-electron chi connectivity index (χ4n) is 2.67. The van der Waals surface area contributed by atoms with Crippen LogP contribution in [-0.2, 0) is 20.7 Å². The lowest BCUT2D eigenvalue weighted by Gasteiger charge is -2.12. The van der Waals surface area contributed by atoms with Crippen molar-refractivity contribution < 1.29 is 23.8 Å². The van der Waals surface area contributed by atoms with E-state index >= 15 is 0 Å². The molecule has 9 heteroatoms. The third-order valence-corrected chi connectivity index (χ3v) is 5.97. The lowest BCUT2D eigenvalue weighted by atomic mass is 10.2. The van der Waals surface area contributed by atoms with E-state index in [1.807, 2.05) is 24.3 Å². The number of amidine groups is 1. The predicted molar refractivity (Wildman–Crippen MR) is 125 cm³/mol. The van der Waals surface area contributed by atoms with Gasteiger partial charge in [-0.05, 0) is 59.7 Å². The van der Waals surface area contributed by atoms with Crippen LogP contribution >= 0.6 is 27.7 Å². The molecule has 162 valence electrons. The topological polar surface area (TPSA) is 86.2 Å². The summed E-state index contributed by atoms with van der Waals surface area (Å²) in [5.41, 5.74) is 2.72. The van der Waals surface area contributed by atoms with Gasteiger partial charge >= 0.3 is 5.97 Å². The SMILES string of the molecule is CCc1ccc(N=C2NC(=O)/C(=C/c3cc(OC)c(OCC(=O)OC)cc3Br)S2)cc1. The van der Waals surface area contributed by atoms with Gasteiger partial charge in [0.25, 0.3) is 5.91 Å². The number of rotatable bonds is 7. The van der Waals surface area contributed by atoms with E-state index in [1.165, 1.54) is 31.5 Å². The zero-order chi connectivity index (χ0) is 22.4. The van der Waals surface area contributed by atoms with E-state index in [2.05, 4.69) is 37.9 Å². The zero-order valence-corrected chi connectivity index (χ0v) is 19.6. The average molecular weight is 505 g/mol.